The lowest BCUT2D eigenvalue weighted by molar-refractivity contribution is -0.121. The molecule has 2 amide bonds. The van der Waals surface area contributed by atoms with Crippen molar-refractivity contribution in [2.75, 3.05) is 19.0 Å². The number of fused-ring (bicyclic) bond motifs is 1. The highest BCUT2D eigenvalue weighted by Crippen LogP contribution is 2.42. The molecule has 2 aromatic rings. The van der Waals surface area contributed by atoms with E-state index in [0.29, 0.717) is 11.6 Å². The molecule has 0 spiro atoms. The first kappa shape index (κ1) is 20.8. The van der Waals surface area contributed by atoms with Crippen molar-refractivity contribution in [3.05, 3.63) is 29.6 Å². The van der Waals surface area contributed by atoms with Gasteiger partial charge in [-0.1, -0.05) is 0 Å². The molecule has 0 fully saturated rings. The Morgan fingerprint density at radius 2 is 1.90 bits per heavy atom. The van der Waals surface area contributed by atoms with Crippen LogP contribution >= 0.6 is 0 Å². The van der Waals surface area contributed by atoms with Crippen molar-refractivity contribution in [1.29, 1.82) is 0 Å². The van der Waals surface area contributed by atoms with Gasteiger partial charge in [0.2, 0.25) is 5.91 Å². The Labute approximate surface area is 171 Å². The third-order valence-corrected chi connectivity index (χ3v) is 5.02. The predicted octanol–water partition coefficient (Wildman–Crippen LogP) is 3.10. The van der Waals surface area contributed by atoms with Crippen LogP contribution in [0.2, 0.25) is 0 Å². The van der Waals surface area contributed by atoms with Gasteiger partial charge in [-0.05, 0) is 58.4 Å². The van der Waals surface area contributed by atoms with Crippen molar-refractivity contribution >= 4 is 17.7 Å². The number of aromatic nitrogens is 3. The summed E-state index contributed by atoms with van der Waals surface area (Å²) in [6, 6.07) is 5.88. The van der Waals surface area contributed by atoms with E-state index >= 15 is 0 Å². The van der Waals surface area contributed by atoms with Gasteiger partial charge in [0.25, 0.3) is 0 Å². The molecule has 1 aliphatic heterocycles. The number of carbonyl (C=O) groups is 2. The standard InChI is InChI=1S/C21H29N5O3/c1-20(2,3)29-19(28)24(6)12-16-22-17(26(8)23-16)13-9-10-15-14(11-13)21(4,5)18(27)25(15)7/h9-11H,12H2,1-8H3. The molecule has 1 aliphatic rings. The second kappa shape index (κ2) is 6.86. The molecule has 0 saturated heterocycles. The Bertz CT molecular complexity index is 971. The van der Waals surface area contributed by atoms with Crippen molar-refractivity contribution in [2.45, 2.75) is 52.2 Å². The molecule has 1 aromatic heterocycles. The van der Waals surface area contributed by atoms with Crippen LogP contribution in [0.5, 0.6) is 0 Å². The van der Waals surface area contributed by atoms with Gasteiger partial charge < -0.3 is 14.5 Å². The maximum Gasteiger partial charge on any atom is 0.410 e. The average molecular weight is 399 g/mol. The fourth-order valence-corrected chi connectivity index (χ4v) is 3.48. The monoisotopic (exact) mass is 399 g/mol. The summed E-state index contributed by atoms with van der Waals surface area (Å²) in [5.74, 6) is 1.27. The number of anilines is 1. The number of ether oxygens (including phenoxy) is 1. The Morgan fingerprint density at radius 1 is 1.24 bits per heavy atom. The van der Waals surface area contributed by atoms with Gasteiger partial charge in [0.15, 0.2) is 11.6 Å². The van der Waals surface area contributed by atoms with E-state index in [1.807, 2.05) is 59.9 Å². The van der Waals surface area contributed by atoms with E-state index in [-0.39, 0.29) is 12.5 Å². The molecule has 0 unspecified atom stereocenters. The molecule has 0 N–H and O–H groups in total. The predicted molar refractivity (Wildman–Crippen MR) is 111 cm³/mol. The first-order valence-electron chi connectivity index (χ1n) is 9.58. The van der Waals surface area contributed by atoms with Crippen molar-refractivity contribution in [2.24, 2.45) is 7.05 Å². The number of aryl methyl sites for hydroxylation is 1. The normalized spacial score (nSPS) is 15.4. The number of rotatable bonds is 3. The fraction of sp³-hybridized carbons (Fsp3) is 0.524. The van der Waals surface area contributed by atoms with Crippen molar-refractivity contribution in [1.82, 2.24) is 19.7 Å². The third-order valence-electron chi connectivity index (χ3n) is 5.02. The number of benzene rings is 1. The number of hydrogen-bond acceptors (Lipinski definition) is 5. The zero-order valence-corrected chi connectivity index (χ0v) is 18.4. The minimum absolute atomic E-state index is 0.0716. The van der Waals surface area contributed by atoms with Crippen molar-refractivity contribution < 1.29 is 14.3 Å². The Morgan fingerprint density at radius 3 is 2.52 bits per heavy atom. The van der Waals surface area contributed by atoms with E-state index in [2.05, 4.69) is 10.1 Å². The molecule has 0 atom stereocenters. The molecular formula is C21H29N5O3. The van der Waals surface area contributed by atoms with Gasteiger partial charge in [-0.3, -0.25) is 4.79 Å². The maximum absolute atomic E-state index is 12.5. The number of likely N-dealkylation sites (N-methyl/N-ethyl adjacent to an activating group) is 1. The molecule has 1 aromatic carbocycles. The Balaban J connectivity index is 1.86. The summed E-state index contributed by atoms with van der Waals surface area (Å²) in [6.45, 7) is 9.58. The quantitative estimate of drug-likeness (QED) is 0.792. The number of nitrogens with zero attached hydrogens (tertiary/aromatic N) is 5. The number of hydrogen-bond donors (Lipinski definition) is 0. The van der Waals surface area contributed by atoms with E-state index in [4.69, 9.17) is 4.74 Å². The summed E-state index contributed by atoms with van der Waals surface area (Å²) in [5.41, 5.74) is 1.61. The smallest absolute Gasteiger partial charge is 0.410 e. The second-order valence-corrected chi connectivity index (χ2v) is 9.03. The van der Waals surface area contributed by atoms with Crippen LogP contribution in [-0.4, -0.2) is 51.4 Å². The van der Waals surface area contributed by atoms with Crippen LogP contribution in [0.15, 0.2) is 18.2 Å². The highest BCUT2D eigenvalue weighted by Gasteiger charge is 2.42. The first-order valence-corrected chi connectivity index (χ1v) is 9.58. The van der Waals surface area contributed by atoms with Gasteiger partial charge in [0.1, 0.15) is 5.60 Å². The van der Waals surface area contributed by atoms with Crippen LogP contribution in [0, 0.1) is 0 Å². The number of carbonyl (C=O) groups excluding carboxylic acids is 2. The Hall–Kier alpha value is -2.90. The van der Waals surface area contributed by atoms with Crippen LogP contribution in [0.3, 0.4) is 0 Å². The van der Waals surface area contributed by atoms with Gasteiger partial charge in [-0.15, -0.1) is 0 Å². The van der Waals surface area contributed by atoms with Gasteiger partial charge >= 0.3 is 6.09 Å². The summed E-state index contributed by atoms with van der Waals surface area (Å²) in [5, 5.41) is 4.44. The van der Waals surface area contributed by atoms with E-state index < -0.39 is 17.1 Å². The lowest BCUT2D eigenvalue weighted by atomic mass is 9.85. The highest BCUT2D eigenvalue weighted by molar-refractivity contribution is 6.07. The van der Waals surface area contributed by atoms with Gasteiger partial charge in [0, 0.05) is 32.4 Å². The van der Waals surface area contributed by atoms with Gasteiger partial charge in [-0.25, -0.2) is 14.5 Å². The Kier molecular flexibility index (Phi) is 4.93. The minimum atomic E-state index is -0.585. The molecule has 8 heteroatoms. The minimum Gasteiger partial charge on any atom is -0.444 e. The highest BCUT2D eigenvalue weighted by atomic mass is 16.6. The van der Waals surface area contributed by atoms with Crippen molar-refractivity contribution in [3.8, 4) is 11.4 Å². The van der Waals surface area contributed by atoms with E-state index in [1.54, 1.807) is 23.7 Å². The molecule has 0 bridgehead atoms. The van der Waals surface area contributed by atoms with Crippen LogP contribution in [-0.2, 0) is 28.5 Å². The lowest BCUT2D eigenvalue weighted by Gasteiger charge is -2.23. The average Bonchev–Trinajstić information content (AvgIpc) is 3.05. The third kappa shape index (κ3) is 3.83. The summed E-state index contributed by atoms with van der Waals surface area (Å²) >= 11 is 0. The molecule has 0 saturated carbocycles. The zero-order chi connectivity index (χ0) is 21.7. The molecule has 8 nitrogen and oxygen atoms in total. The topological polar surface area (TPSA) is 80.6 Å². The lowest BCUT2D eigenvalue weighted by Crippen LogP contribution is -2.34. The fourth-order valence-electron chi connectivity index (χ4n) is 3.48. The molecule has 29 heavy (non-hydrogen) atoms. The molecule has 156 valence electrons. The second-order valence-electron chi connectivity index (χ2n) is 9.03. The molecule has 3 rings (SSSR count). The first-order chi connectivity index (χ1) is 13.3. The van der Waals surface area contributed by atoms with Crippen molar-refractivity contribution in [3.63, 3.8) is 0 Å². The summed E-state index contributed by atoms with van der Waals surface area (Å²) < 4.78 is 7.06. The largest absolute Gasteiger partial charge is 0.444 e. The molecule has 0 aliphatic carbocycles. The zero-order valence-electron chi connectivity index (χ0n) is 18.4. The molecular weight excluding hydrogens is 370 g/mol. The molecule has 0 radical (unpaired) electrons. The van der Waals surface area contributed by atoms with Gasteiger partial charge in [0.05, 0.1) is 12.0 Å². The summed E-state index contributed by atoms with van der Waals surface area (Å²) in [4.78, 5) is 32.5. The van der Waals surface area contributed by atoms with E-state index in [0.717, 1.165) is 16.8 Å². The van der Waals surface area contributed by atoms with Crippen LogP contribution in [0.1, 0.15) is 46.0 Å². The van der Waals surface area contributed by atoms with E-state index in [9.17, 15) is 9.59 Å². The molecule has 2 heterocycles. The SMILES string of the molecule is CN(Cc1nc(-c2ccc3c(c2)C(C)(C)C(=O)N3C)n(C)n1)C(=O)OC(C)(C)C. The van der Waals surface area contributed by atoms with Crippen LogP contribution in [0.25, 0.3) is 11.4 Å². The maximum atomic E-state index is 12.5. The summed E-state index contributed by atoms with van der Waals surface area (Å²) in [7, 11) is 5.26. The summed E-state index contributed by atoms with van der Waals surface area (Å²) in [6.07, 6.45) is -0.424. The van der Waals surface area contributed by atoms with Crippen LogP contribution < -0.4 is 4.90 Å². The van der Waals surface area contributed by atoms with E-state index in [1.165, 1.54) is 4.90 Å². The number of amides is 2. The van der Waals surface area contributed by atoms with Gasteiger partial charge in [-0.2, -0.15) is 5.10 Å². The van der Waals surface area contributed by atoms with Crippen LogP contribution in [0.4, 0.5) is 10.5 Å².